The molecule has 0 radical (unpaired) electrons. The zero-order valence-electron chi connectivity index (χ0n) is 7.94. The van der Waals surface area contributed by atoms with Crippen molar-refractivity contribution < 1.29 is 0 Å². The van der Waals surface area contributed by atoms with Gasteiger partial charge in [-0.3, -0.25) is 5.10 Å². The summed E-state index contributed by atoms with van der Waals surface area (Å²) >= 11 is 0. The molecule has 3 N–H and O–H groups in total. The second-order valence-electron chi connectivity index (χ2n) is 3.05. The molecule has 0 saturated carbocycles. The Morgan fingerprint density at radius 1 is 1.50 bits per heavy atom. The molecule has 0 saturated heterocycles. The van der Waals surface area contributed by atoms with E-state index in [4.69, 9.17) is 5.73 Å². The van der Waals surface area contributed by atoms with Crippen molar-refractivity contribution in [2.75, 3.05) is 25.0 Å². The maximum Gasteiger partial charge on any atom is 0.227 e. The van der Waals surface area contributed by atoms with Crippen LogP contribution in [0.1, 0.15) is 0 Å². The zero-order chi connectivity index (χ0) is 9.97. The van der Waals surface area contributed by atoms with Crippen LogP contribution in [0.3, 0.4) is 0 Å². The third kappa shape index (κ3) is 1.51. The van der Waals surface area contributed by atoms with Gasteiger partial charge in [0.15, 0.2) is 5.65 Å². The molecule has 2 aromatic rings. The summed E-state index contributed by atoms with van der Waals surface area (Å²) in [6.07, 6.45) is 3.44. The van der Waals surface area contributed by atoms with Crippen molar-refractivity contribution in [3.05, 3.63) is 12.4 Å². The molecule has 6 heteroatoms. The van der Waals surface area contributed by atoms with Gasteiger partial charge >= 0.3 is 0 Å². The highest BCUT2D eigenvalue weighted by Gasteiger charge is 2.04. The lowest BCUT2D eigenvalue weighted by atomic mass is 10.4. The molecule has 74 valence electrons. The minimum Gasteiger partial charge on any atom is -0.343 e. The summed E-state index contributed by atoms with van der Waals surface area (Å²) in [5, 5.41) is 7.59. The highest BCUT2D eigenvalue weighted by molar-refractivity contribution is 5.73. The predicted octanol–water partition coefficient (Wildman–Crippen LogP) is -0.252. The fourth-order valence-electron chi connectivity index (χ4n) is 1.21. The third-order valence-corrected chi connectivity index (χ3v) is 1.98. The quantitative estimate of drug-likeness (QED) is 0.700. The molecule has 2 aromatic heterocycles. The van der Waals surface area contributed by atoms with E-state index in [1.165, 1.54) is 0 Å². The van der Waals surface area contributed by atoms with Crippen LogP contribution in [-0.4, -0.2) is 40.3 Å². The number of aromatic nitrogens is 4. The predicted molar refractivity (Wildman–Crippen MR) is 54.0 cm³/mol. The number of nitrogens with two attached hydrogens (primary N) is 1. The van der Waals surface area contributed by atoms with E-state index in [9.17, 15) is 0 Å². The number of H-pyrrole nitrogens is 1. The van der Waals surface area contributed by atoms with Crippen molar-refractivity contribution in [1.82, 2.24) is 20.2 Å². The highest BCUT2D eigenvalue weighted by atomic mass is 15.3. The first-order valence-corrected chi connectivity index (χ1v) is 4.38. The number of hydrogen-bond acceptors (Lipinski definition) is 5. The summed E-state index contributed by atoms with van der Waals surface area (Å²) in [5.41, 5.74) is 6.19. The molecule has 0 amide bonds. The second-order valence-corrected chi connectivity index (χ2v) is 3.05. The molecule has 0 unspecified atom stereocenters. The van der Waals surface area contributed by atoms with Crippen molar-refractivity contribution in [2.24, 2.45) is 5.73 Å². The minimum atomic E-state index is 0.584. The molecule has 2 rings (SSSR count). The van der Waals surface area contributed by atoms with Crippen LogP contribution in [0.5, 0.6) is 0 Å². The van der Waals surface area contributed by atoms with E-state index < -0.39 is 0 Å². The first-order valence-electron chi connectivity index (χ1n) is 4.38. The van der Waals surface area contributed by atoms with Gasteiger partial charge in [-0.1, -0.05) is 0 Å². The fraction of sp³-hybridized carbons (Fsp3) is 0.375. The molecule has 0 aromatic carbocycles. The molecule has 0 bridgehead atoms. The SMILES string of the molecule is CN(CCN)c1ncc2cn[nH]c2n1. The van der Waals surface area contributed by atoms with E-state index in [1.54, 1.807) is 12.4 Å². The number of aromatic amines is 1. The number of nitrogens with zero attached hydrogens (tertiary/aromatic N) is 4. The average Bonchev–Trinajstić information content (AvgIpc) is 2.64. The van der Waals surface area contributed by atoms with Crippen molar-refractivity contribution in [3.63, 3.8) is 0 Å². The molecule has 2 heterocycles. The summed E-state index contributed by atoms with van der Waals surface area (Å²) in [6, 6.07) is 0. The Morgan fingerprint density at radius 3 is 3.14 bits per heavy atom. The molecule has 0 spiro atoms. The van der Waals surface area contributed by atoms with Gasteiger partial charge < -0.3 is 10.6 Å². The Morgan fingerprint density at radius 2 is 2.36 bits per heavy atom. The first kappa shape index (κ1) is 8.89. The average molecular weight is 192 g/mol. The Bertz CT molecular complexity index is 422. The van der Waals surface area contributed by atoms with Crippen molar-refractivity contribution in [2.45, 2.75) is 0 Å². The van der Waals surface area contributed by atoms with Crippen molar-refractivity contribution in [1.29, 1.82) is 0 Å². The van der Waals surface area contributed by atoms with E-state index in [1.807, 2.05) is 11.9 Å². The van der Waals surface area contributed by atoms with E-state index in [2.05, 4.69) is 20.2 Å². The Labute approximate surface area is 81.1 Å². The summed E-state index contributed by atoms with van der Waals surface area (Å²) in [5.74, 6) is 0.659. The number of anilines is 1. The van der Waals surface area contributed by atoms with Gasteiger partial charge in [-0.15, -0.1) is 0 Å². The smallest absolute Gasteiger partial charge is 0.227 e. The second kappa shape index (κ2) is 3.59. The molecule has 0 aliphatic carbocycles. The monoisotopic (exact) mass is 192 g/mol. The third-order valence-electron chi connectivity index (χ3n) is 1.98. The topological polar surface area (TPSA) is 83.7 Å². The maximum atomic E-state index is 5.44. The number of likely N-dealkylation sites (N-methyl/N-ethyl adjacent to an activating group) is 1. The lowest BCUT2D eigenvalue weighted by Gasteiger charge is -2.14. The van der Waals surface area contributed by atoms with Crippen LogP contribution in [0.2, 0.25) is 0 Å². The van der Waals surface area contributed by atoms with Crippen LogP contribution >= 0.6 is 0 Å². The van der Waals surface area contributed by atoms with Crippen LogP contribution < -0.4 is 10.6 Å². The molecule has 0 aliphatic rings. The molecular weight excluding hydrogens is 180 g/mol. The fourth-order valence-corrected chi connectivity index (χ4v) is 1.21. The number of rotatable bonds is 3. The molecule has 6 nitrogen and oxygen atoms in total. The van der Waals surface area contributed by atoms with Crippen LogP contribution in [0.15, 0.2) is 12.4 Å². The molecule has 0 atom stereocenters. The molecular formula is C8H12N6. The van der Waals surface area contributed by atoms with E-state index in [0.29, 0.717) is 12.5 Å². The lowest BCUT2D eigenvalue weighted by molar-refractivity contribution is 0.849. The van der Waals surface area contributed by atoms with Crippen molar-refractivity contribution >= 4 is 17.0 Å². The highest BCUT2D eigenvalue weighted by Crippen LogP contribution is 2.10. The minimum absolute atomic E-state index is 0.584. The van der Waals surface area contributed by atoms with Gasteiger partial charge in [0.1, 0.15) is 0 Å². The van der Waals surface area contributed by atoms with Crippen molar-refractivity contribution in [3.8, 4) is 0 Å². The van der Waals surface area contributed by atoms with Crippen LogP contribution in [-0.2, 0) is 0 Å². The van der Waals surface area contributed by atoms with Crippen LogP contribution in [0.25, 0.3) is 11.0 Å². The van der Waals surface area contributed by atoms with Gasteiger partial charge in [-0.05, 0) is 0 Å². The molecule has 14 heavy (non-hydrogen) atoms. The van der Waals surface area contributed by atoms with Gasteiger partial charge in [0.2, 0.25) is 5.95 Å². The summed E-state index contributed by atoms with van der Waals surface area (Å²) < 4.78 is 0. The first-order chi connectivity index (χ1) is 6.81. The van der Waals surface area contributed by atoms with Gasteiger partial charge in [-0.2, -0.15) is 10.1 Å². The Hall–Kier alpha value is -1.69. The van der Waals surface area contributed by atoms with Crippen LogP contribution in [0, 0.1) is 0 Å². The van der Waals surface area contributed by atoms with Gasteiger partial charge in [0.05, 0.1) is 11.6 Å². The zero-order valence-corrected chi connectivity index (χ0v) is 7.94. The summed E-state index contributed by atoms with van der Waals surface area (Å²) in [4.78, 5) is 10.4. The molecule has 0 aliphatic heterocycles. The van der Waals surface area contributed by atoms with E-state index in [0.717, 1.165) is 17.6 Å². The number of fused-ring (bicyclic) bond motifs is 1. The Balaban J connectivity index is 2.33. The van der Waals surface area contributed by atoms with E-state index in [-0.39, 0.29) is 0 Å². The Kier molecular flexibility index (Phi) is 2.28. The maximum absolute atomic E-state index is 5.44. The number of nitrogens with one attached hydrogen (secondary N) is 1. The molecule has 0 fully saturated rings. The van der Waals surface area contributed by atoms with Crippen LogP contribution in [0.4, 0.5) is 5.95 Å². The lowest BCUT2D eigenvalue weighted by Crippen LogP contribution is -2.26. The normalized spacial score (nSPS) is 10.7. The van der Waals surface area contributed by atoms with Gasteiger partial charge in [0, 0.05) is 26.3 Å². The number of hydrogen-bond donors (Lipinski definition) is 2. The van der Waals surface area contributed by atoms with Gasteiger partial charge in [-0.25, -0.2) is 4.98 Å². The summed E-state index contributed by atoms with van der Waals surface area (Å²) in [7, 11) is 1.91. The largest absolute Gasteiger partial charge is 0.343 e. The van der Waals surface area contributed by atoms with E-state index >= 15 is 0 Å². The summed E-state index contributed by atoms with van der Waals surface area (Å²) in [6.45, 7) is 1.32. The standard InChI is InChI=1S/C8H12N6/c1-14(3-2-9)8-10-4-6-5-11-13-7(6)12-8/h4-5H,2-3,9H2,1H3,(H,10,11,12,13). The van der Waals surface area contributed by atoms with Gasteiger partial charge in [0.25, 0.3) is 0 Å².